The Hall–Kier alpha value is -2.36. The number of rotatable bonds is 2. The molecule has 0 aromatic heterocycles. The SMILES string of the molecule is COC1c2cc(O)ccc2C(c2ccc3ccccc3c2)CN1C. The van der Waals surface area contributed by atoms with Gasteiger partial charge in [0, 0.05) is 25.1 Å². The minimum absolute atomic E-state index is 0.121. The predicted molar refractivity (Wildman–Crippen MR) is 96.3 cm³/mol. The summed E-state index contributed by atoms with van der Waals surface area (Å²) in [6, 6.07) is 20.7. The van der Waals surface area contributed by atoms with Gasteiger partial charge < -0.3 is 9.84 Å². The van der Waals surface area contributed by atoms with Gasteiger partial charge in [-0.25, -0.2) is 0 Å². The minimum atomic E-state index is -0.121. The molecule has 3 heteroatoms. The summed E-state index contributed by atoms with van der Waals surface area (Å²) in [5, 5.41) is 12.4. The fourth-order valence-electron chi connectivity index (χ4n) is 3.83. The molecule has 1 aliphatic rings. The van der Waals surface area contributed by atoms with E-state index in [4.69, 9.17) is 4.74 Å². The number of fused-ring (bicyclic) bond motifs is 2. The molecule has 24 heavy (non-hydrogen) atoms. The van der Waals surface area contributed by atoms with E-state index in [9.17, 15) is 5.11 Å². The van der Waals surface area contributed by atoms with E-state index in [1.807, 2.05) is 12.1 Å². The van der Waals surface area contributed by atoms with Gasteiger partial charge in [0.2, 0.25) is 0 Å². The van der Waals surface area contributed by atoms with E-state index >= 15 is 0 Å². The van der Waals surface area contributed by atoms with Crippen molar-refractivity contribution in [1.82, 2.24) is 4.90 Å². The summed E-state index contributed by atoms with van der Waals surface area (Å²) in [6.07, 6.45) is -0.121. The van der Waals surface area contributed by atoms with Crippen LogP contribution in [0.15, 0.2) is 60.7 Å². The van der Waals surface area contributed by atoms with Crippen LogP contribution in [0.3, 0.4) is 0 Å². The Labute approximate surface area is 142 Å². The third-order valence-corrected chi connectivity index (χ3v) is 4.98. The van der Waals surface area contributed by atoms with Crippen molar-refractivity contribution >= 4 is 10.8 Å². The van der Waals surface area contributed by atoms with Crippen LogP contribution in [-0.4, -0.2) is 30.7 Å². The molecular weight excluding hydrogens is 298 g/mol. The highest BCUT2D eigenvalue weighted by Gasteiger charge is 2.32. The molecule has 1 aliphatic heterocycles. The van der Waals surface area contributed by atoms with Crippen LogP contribution in [0.1, 0.15) is 28.8 Å². The monoisotopic (exact) mass is 319 g/mol. The molecule has 3 nitrogen and oxygen atoms in total. The average Bonchev–Trinajstić information content (AvgIpc) is 2.60. The summed E-state index contributed by atoms with van der Waals surface area (Å²) in [5.74, 6) is 0.546. The third-order valence-electron chi connectivity index (χ3n) is 4.98. The number of benzene rings is 3. The molecular formula is C21H21NO2. The van der Waals surface area contributed by atoms with Gasteiger partial charge in [0.15, 0.2) is 0 Å². The molecule has 0 saturated carbocycles. The number of phenolic OH excluding ortho intramolecular Hbond substituents is 1. The molecule has 0 fully saturated rings. The molecule has 0 bridgehead atoms. The van der Waals surface area contributed by atoms with E-state index < -0.39 is 0 Å². The van der Waals surface area contributed by atoms with Gasteiger partial charge in [-0.15, -0.1) is 0 Å². The van der Waals surface area contributed by atoms with Gasteiger partial charge in [-0.1, -0.05) is 48.5 Å². The van der Waals surface area contributed by atoms with E-state index in [2.05, 4.69) is 54.4 Å². The maximum atomic E-state index is 9.91. The van der Waals surface area contributed by atoms with E-state index in [1.165, 1.54) is 21.9 Å². The molecule has 0 saturated heterocycles. The quantitative estimate of drug-likeness (QED) is 0.766. The molecule has 1 N–H and O–H groups in total. The number of ether oxygens (including phenoxy) is 1. The second-order valence-corrected chi connectivity index (χ2v) is 6.50. The Morgan fingerprint density at radius 1 is 0.958 bits per heavy atom. The van der Waals surface area contributed by atoms with Crippen LogP contribution in [0, 0.1) is 0 Å². The lowest BCUT2D eigenvalue weighted by Gasteiger charge is -2.38. The first-order chi connectivity index (χ1) is 11.7. The van der Waals surface area contributed by atoms with Crippen molar-refractivity contribution < 1.29 is 9.84 Å². The van der Waals surface area contributed by atoms with Gasteiger partial charge in [0.1, 0.15) is 12.0 Å². The van der Waals surface area contributed by atoms with Gasteiger partial charge in [-0.3, -0.25) is 4.90 Å². The Kier molecular flexibility index (Phi) is 3.75. The Bertz CT molecular complexity index is 890. The lowest BCUT2D eigenvalue weighted by Crippen LogP contribution is -2.36. The molecule has 0 radical (unpaired) electrons. The van der Waals surface area contributed by atoms with Crippen molar-refractivity contribution in [3.05, 3.63) is 77.4 Å². The Balaban J connectivity index is 1.85. The van der Waals surface area contributed by atoms with Crippen molar-refractivity contribution in [2.45, 2.75) is 12.1 Å². The molecule has 122 valence electrons. The lowest BCUT2D eigenvalue weighted by molar-refractivity contribution is -0.0297. The number of likely N-dealkylation sites (N-methyl/N-ethyl adjacent to an activating group) is 1. The lowest BCUT2D eigenvalue weighted by atomic mass is 9.83. The fourth-order valence-corrected chi connectivity index (χ4v) is 3.83. The van der Waals surface area contributed by atoms with Crippen LogP contribution in [0.25, 0.3) is 10.8 Å². The second kappa shape index (κ2) is 5.93. The number of hydrogen-bond donors (Lipinski definition) is 1. The third kappa shape index (κ3) is 2.46. The molecule has 1 heterocycles. The second-order valence-electron chi connectivity index (χ2n) is 6.50. The number of methoxy groups -OCH3 is 1. The van der Waals surface area contributed by atoms with E-state index in [0.717, 1.165) is 12.1 Å². The minimum Gasteiger partial charge on any atom is -0.508 e. The fraction of sp³-hybridized carbons (Fsp3) is 0.238. The van der Waals surface area contributed by atoms with Crippen molar-refractivity contribution in [3.63, 3.8) is 0 Å². The molecule has 0 spiro atoms. The molecule has 2 atom stereocenters. The summed E-state index contributed by atoms with van der Waals surface area (Å²) >= 11 is 0. The summed E-state index contributed by atoms with van der Waals surface area (Å²) in [4.78, 5) is 2.20. The number of aromatic hydroxyl groups is 1. The maximum Gasteiger partial charge on any atom is 0.136 e. The van der Waals surface area contributed by atoms with Crippen molar-refractivity contribution in [1.29, 1.82) is 0 Å². The van der Waals surface area contributed by atoms with E-state index in [0.29, 0.717) is 0 Å². The van der Waals surface area contributed by atoms with Crippen LogP contribution in [0.5, 0.6) is 5.75 Å². The zero-order valence-corrected chi connectivity index (χ0v) is 13.9. The summed E-state index contributed by atoms with van der Waals surface area (Å²) in [7, 11) is 3.78. The van der Waals surface area contributed by atoms with Gasteiger partial charge in [0.25, 0.3) is 0 Å². The van der Waals surface area contributed by atoms with E-state index in [-0.39, 0.29) is 17.9 Å². The first-order valence-electron chi connectivity index (χ1n) is 8.22. The van der Waals surface area contributed by atoms with Crippen molar-refractivity contribution in [3.8, 4) is 5.75 Å². The molecule has 3 aromatic carbocycles. The van der Waals surface area contributed by atoms with Gasteiger partial charge in [-0.2, -0.15) is 0 Å². The maximum absolute atomic E-state index is 9.91. The average molecular weight is 319 g/mol. The van der Waals surface area contributed by atoms with E-state index in [1.54, 1.807) is 13.2 Å². The Morgan fingerprint density at radius 3 is 2.54 bits per heavy atom. The highest BCUT2D eigenvalue weighted by molar-refractivity contribution is 5.83. The molecule has 4 rings (SSSR count). The number of hydrogen-bond acceptors (Lipinski definition) is 3. The molecule has 3 aromatic rings. The van der Waals surface area contributed by atoms with Gasteiger partial charge >= 0.3 is 0 Å². The van der Waals surface area contributed by atoms with Crippen LogP contribution < -0.4 is 0 Å². The van der Waals surface area contributed by atoms with Gasteiger partial charge in [0.05, 0.1) is 0 Å². The van der Waals surface area contributed by atoms with Gasteiger partial charge in [-0.05, 0) is 41.1 Å². The summed E-state index contributed by atoms with van der Waals surface area (Å²) in [6.45, 7) is 0.884. The normalized spacial score (nSPS) is 20.9. The first-order valence-corrected chi connectivity index (χ1v) is 8.22. The highest BCUT2D eigenvalue weighted by atomic mass is 16.5. The number of phenols is 1. The smallest absolute Gasteiger partial charge is 0.136 e. The predicted octanol–water partition coefficient (Wildman–Crippen LogP) is 4.27. The zero-order valence-electron chi connectivity index (χ0n) is 13.9. The number of nitrogens with zero attached hydrogens (tertiary/aromatic N) is 1. The summed E-state index contributed by atoms with van der Waals surface area (Å²) in [5.41, 5.74) is 3.57. The highest BCUT2D eigenvalue weighted by Crippen LogP contribution is 2.40. The van der Waals surface area contributed by atoms with Crippen LogP contribution >= 0.6 is 0 Å². The molecule has 0 amide bonds. The van der Waals surface area contributed by atoms with Crippen LogP contribution in [-0.2, 0) is 4.74 Å². The Morgan fingerprint density at radius 2 is 1.75 bits per heavy atom. The molecule has 0 aliphatic carbocycles. The van der Waals surface area contributed by atoms with Crippen LogP contribution in [0.2, 0.25) is 0 Å². The van der Waals surface area contributed by atoms with Crippen molar-refractivity contribution in [2.24, 2.45) is 0 Å². The van der Waals surface area contributed by atoms with Crippen molar-refractivity contribution in [2.75, 3.05) is 20.7 Å². The zero-order chi connectivity index (χ0) is 16.7. The largest absolute Gasteiger partial charge is 0.508 e. The van der Waals surface area contributed by atoms with Crippen LogP contribution in [0.4, 0.5) is 0 Å². The standard InChI is InChI=1S/C21H21NO2/c1-22-13-20(16-8-7-14-5-3-4-6-15(14)11-16)18-10-9-17(23)12-19(18)21(22)24-2/h3-12,20-21,23H,13H2,1-2H3. The summed E-state index contributed by atoms with van der Waals surface area (Å²) < 4.78 is 5.65. The topological polar surface area (TPSA) is 32.7 Å². The molecule has 2 unspecified atom stereocenters. The first kappa shape index (κ1) is 15.2.